The van der Waals surface area contributed by atoms with Crippen LogP contribution in [0.2, 0.25) is 0 Å². The standard InChI is InChI=1S/C15H23NO/c1-11(2)10-16-13(5)14-6-8-15(9-7-14)17-12(3)4/h6-9,12-13,16H,1,10H2,2-5H3. The van der Waals surface area contributed by atoms with Crippen molar-refractivity contribution < 1.29 is 4.74 Å². The van der Waals surface area contributed by atoms with E-state index in [0.29, 0.717) is 6.04 Å². The molecular weight excluding hydrogens is 210 g/mol. The van der Waals surface area contributed by atoms with E-state index in [1.54, 1.807) is 0 Å². The molecule has 0 saturated heterocycles. The fourth-order valence-corrected chi connectivity index (χ4v) is 1.55. The fraction of sp³-hybridized carbons (Fsp3) is 0.467. The molecule has 0 fully saturated rings. The first kappa shape index (κ1) is 13.8. The zero-order valence-electron chi connectivity index (χ0n) is 11.3. The second-order valence-electron chi connectivity index (χ2n) is 4.80. The Bertz CT molecular complexity index is 354. The highest BCUT2D eigenvalue weighted by molar-refractivity contribution is 5.29. The summed E-state index contributed by atoms with van der Waals surface area (Å²) in [5.74, 6) is 0.927. The summed E-state index contributed by atoms with van der Waals surface area (Å²) in [5, 5.41) is 3.42. The van der Waals surface area contributed by atoms with Gasteiger partial charge in [0.25, 0.3) is 0 Å². The van der Waals surface area contributed by atoms with E-state index in [9.17, 15) is 0 Å². The third-order valence-corrected chi connectivity index (χ3v) is 2.46. The lowest BCUT2D eigenvalue weighted by molar-refractivity contribution is 0.242. The molecule has 0 bridgehead atoms. The van der Waals surface area contributed by atoms with Gasteiger partial charge in [0.15, 0.2) is 0 Å². The molecule has 17 heavy (non-hydrogen) atoms. The minimum atomic E-state index is 0.222. The smallest absolute Gasteiger partial charge is 0.119 e. The molecule has 0 aliphatic carbocycles. The summed E-state index contributed by atoms with van der Waals surface area (Å²) in [6.45, 7) is 13.0. The van der Waals surface area contributed by atoms with Gasteiger partial charge in [-0.1, -0.05) is 24.3 Å². The predicted molar refractivity (Wildman–Crippen MR) is 73.4 cm³/mol. The molecule has 0 amide bonds. The van der Waals surface area contributed by atoms with E-state index in [1.807, 2.05) is 32.9 Å². The molecule has 1 aromatic carbocycles. The molecule has 0 aliphatic rings. The first-order valence-electron chi connectivity index (χ1n) is 6.13. The molecule has 0 spiro atoms. The van der Waals surface area contributed by atoms with Gasteiger partial charge in [-0.05, 0) is 45.4 Å². The van der Waals surface area contributed by atoms with Gasteiger partial charge in [-0.15, -0.1) is 0 Å². The second kappa shape index (κ2) is 6.45. The number of rotatable bonds is 6. The van der Waals surface area contributed by atoms with Crippen LogP contribution in [-0.2, 0) is 0 Å². The van der Waals surface area contributed by atoms with Gasteiger partial charge in [-0.2, -0.15) is 0 Å². The Morgan fingerprint density at radius 1 is 1.24 bits per heavy atom. The summed E-state index contributed by atoms with van der Waals surface area (Å²) in [6.07, 6.45) is 0.222. The van der Waals surface area contributed by atoms with E-state index in [1.165, 1.54) is 5.56 Å². The third kappa shape index (κ3) is 5.05. The number of hydrogen-bond acceptors (Lipinski definition) is 2. The van der Waals surface area contributed by atoms with Crippen LogP contribution in [0.1, 0.15) is 39.3 Å². The summed E-state index contributed by atoms with van der Waals surface area (Å²) in [6, 6.07) is 8.59. The van der Waals surface area contributed by atoms with Gasteiger partial charge in [0.05, 0.1) is 6.10 Å². The minimum absolute atomic E-state index is 0.222. The van der Waals surface area contributed by atoms with Crippen molar-refractivity contribution >= 4 is 0 Å². The maximum atomic E-state index is 5.61. The van der Waals surface area contributed by atoms with Crippen LogP contribution in [0.25, 0.3) is 0 Å². The Balaban J connectivity index is 2.57. The van der Waals surface area contributed by atoms with Gasteiger partial charge in [0.2, 0.25) is 0 Å². The summed E-state index contributed by atoms with van der Waals surface area (Å²) >= 11 is 0. The van der Waals surface area contributed by atoms with E-state index < -0.39 is 0 Å². The van der Waals surface area contributed by atoms with Gasteiger partial charge in [-0.25, -0.2) is 0 Å². The normalized spacial score (nSPS) is 12.5. The van der Waals surface area contributed by atoms with E-state index >= 15 is 0 Å². The van der Waals surface area contributed by atoms with Crippen molar-refractivity contribution in [2.45, 2.75) is 39.8 Å². The Hall–Kier alpha value is -1.28. The monoisotopic (exact) mass is 233 g/mol. The summed E-state index contributed by atoms with van der Waals surface area (Å²) in [4.78, 5) is 0. The molecule has 0 radical (unpaired) electrons. The third-order valence-electron chi connectivity index (χ3n) is 2.46. The van der Waals surface area contributed by atoms with Crippen LogP contribution >= 0.6 is 0 Å². The van der Waals surface area contributed by atoms with Crippen molar-refractivity contribution in [2.75, 3.05) is 6.54 Å². The van der Waals surface area contributed by atoms with Crippen molar-refractivity contribution in [2.24, 2.45) is 0 Å². The molecule has 1 N–H and O–H groups in total. The molecule has 0 aliphatic heterocycles. The highest BCUT2D eigenvalue weighted by atomic mass is 16.5. The van der Waals surface area contributed by atoms with E-state index in [4.69, 9.17) is 4.74 Å². The minimum Gasteiger partial charge on any atom is -0.491 e. The lowest BCUT2D eigenvalue weighted by atomic mass is 10.1. The average molecular weight is 233 g/mol. The van der Waals surface area contributed by atoms with Crippen molar-refractivity contribution in [1.29, 1.82) is 0 Å². The fourth-order valence-electron chi connectivity index (χ4n) is 1.55. The van der Waals surface area contributed by atoms with Crippen molar-refractivity contribution in [3.8, 4) is 5.75 Å². The zero-order chi connectivity index (χ0) is 12.8. The Morgan fingerprint density at radius 3 is 2.29 bits per heavy atom. The summed E-state index contributed by atoms with van der Waals surface area (Å²) < 4.78 is 5.61. The van der Waals surface area contributed by atoms with Crippen LogP contribution in [0.15, 0.2) is 36.4 Å². The van der Waals surface area contributed by atoms with Gasteiger partial charge in [-0.3, -0.25) is 0 Å². The lowest BCUT2D eigenvalue weighted by Crippen LogP contribution is -2.20. The number of ether oxygens (including phenoxy) is 1. The Labute approximate surface area is 105 Å². The predicted octanol–water partition coefficient (Wildman–Crippen LogP) is 3.70. The Kier molecular flexibility index (Phi) is 5.23. The maximum absolute atomic E-state index is 5.61. The second-order valence-corrected chi connectivity index (χ2v) is 4.80. The Morgan fingerprint density at radius 2 is 1.82 bits per heavy atom. The quantitative estimate of drug-likeness (QED) is 0.756. The molecule has 1 unspecified atom stereocenters. The highest BCUT2D eigenvalue weighted by Crippen LogP contribution is 2.18. The van der Waals surface area contributed by atoms with E-state index in [-0.39, 0.29) is 6.10 Å². The highest BCUT2D eigenvalue weighted by Gasteiger charge is 2.05. The molecule has 94 valence electrons. The molecule has 0 heterocycles. The van der Waals surface area contributed by atoms with Crippen LogP contribution in [0.3, 0.4) is 0 Å². The lowest BCUT2D eigenvalue weighted by Gasteiger charge is -2.15. The van der Waals surface area contributed by atoms with Crippen LogP contribution < -0.4 is 10.1 Å². The molecule has 1 aromatic rings. The van der Waals surface area contributed by atoms with E-state index in [0.717, 1.165) is 17.9 Å². The molecule has 2 nitrogen and oxygen atoms in total. The van der Waals surface area contributed by atoms with Crippen LogP contribution in [0, 0.1) is 0 Å². The number of hydrogen-bond donors (Lipinski definition) is 1. The van der Waals surface area contributed by atoms with Crippen LogP contribution in [0.5, 0.6) is 5.75 Å². The van der Waals surface area contributed by atoms with Crippen LogP contribution in [0.4, 0.5) is 0 Å². The summed E-state index contributed by atoms with van der Waals surface area (Å²) in [7, 11) is 0. The topological polar surface area (TPSA) is 21.3 Å². The SMILES string of the molecule is C=C(C)CNC(C)c1ccc(OC(C)C)cc1. The molecule has 2 heteroatoms. The van der Waals surface area contributed by atoms with Gasteiger partial charge < -0.3 is 10.1 Å². The van der Waals surface area contributed by atoms with Gasteiger partial charge in [0, 0.05) is 12.6 Å². The van der Waals surface area contributed by atoms with Crippen molar-refractivity contribution in [3.05, 3.63) is 42.0 Å². The summed E-state index contributed by atoms with van der Waals surface area (Å²) in [5.41, 5.74) is 2.42. The molecular formula is C15H23NO. The molecule has 1 atom stereocenters. The average Bonchev–Trinajstić information content (AvgIpc) is 2.26. The van der Waals surface area contributed by atoms with Crippen LogP contribution in [-0.4, -0.2) is 12.6 Å². The number of nitrogens with one attached hydrogen (secondary N) is 1. The molecule has 0 aromatic heterocycles. The first-order valence-corrected chi connectivity index (χ1v) is 6.13. The zero-order valence-corrected chi connectivity index (χ0v) is 11.3. The number of benzene rings is 1. The van der Waals surface area contributed by atoms with E-state index in [2.05, 4.69) is 31.0 Å². The van der Waals surface area contributed by atoms with Crippen molar-refractivity contribution in [3.63, 3.8) is 0 Å². The first-order chi connectivity index (χ1) is 7.99. The molecule has 0 saturated carbocycles. The van der Waals surface area contributed by atoms with Crippen molar-refractivity contribution in [1.82, 2.24) is 5.32 Å². The van der Waals surface area contributed by atoms with Gasteiger partial charge in [0.1, 0.15) is 5.75 Å². The largest absolute Gasteiger partial charge is 0.491 e. The molecule has 1 rings (SSSR count). The van der Waals surface area contributed by atoms with Gasteiger partial charge >= 0.3 is 0 Å². The maximum Gasteiger partial charge on any atom is 0.119 e.